The fourth-order valence-corrected chi connectivity index (χ4v) is 2.65. The van der Waals surface area contributed by atoms with Crippen LogP contribution < -0.4 is 10.5 Å². The van der Waals surface area contributed by atoms with Gasteiger partial charge in [0.15, 0.2) is 0 Å². The van der Waals surface area contributed by atoms with Gasteiger partial charge in [-0.15, -0.1) is 0 Å². The lowest BCUT2D eigenvalue weighted by Crippen LogP contribution is -2.25. The van der Waals surface area contributed by atoms with Crippen molar-refractivity contribution in [2.45, 2.75) is 13.1 Å². The highest BCUT2D eigenvalue weighted by molar-refractivity contribution is 6.31. The zero-order chi connectivity index (χ0) is 13.9. The van der Waals surface area contributed by atoms with Crippen LogP contribution in [0.5, 0.6) is 5.75 Å². The van der Waals surface area contributed by atoms with Crippen molar-refractivity contribution in [3.8, 4) is 5.75 Å². The summed E-state index contributed by atoms with van der Waals surface area (Å²) in [6.45, 7) is 3.21. The first-order valence-corrected chi connectivity index (χ1v) is 7.07. The van der Waals surface area contributed by atoms with Crippen LogP contribution >= 0.6 is 11.6 Å². The lowest BCUT2D eigenvalue weighted by atomic mass is 10.1. The molecule has 0 saturated heterocycles. The van der Waals surface area contributed by atoms with Gasteiger partial charge in [0.2, 0.25) is 0 Å². The second-order valence-electron chi connectivity index (χ2n) is 5.02. The largest absolute Gasteiger partial charge is 0.492 e. The van der Waals surface area contributed by atoms with Crippen LogP contribution in [0, 0.1) is 0 Å². The van der Waals surface area contributed by atoms with Gasteiger partial charge in [0.25, 0.3) is 0 Å². The Morgan fingerprint density at radius 2 is 2.05 bits per heavy atom. The Balaban J connectivity index is 1.80. The smallest absolute Gasteiger partial charge is 0.123 e. The summed E-state index contributed by atoms with van der Waals surface area (Å²) in [5.74, 6) is 0.980. The highest BCUT2D eigenvalue weighted by Crippen LogP contribution is 2.25. The van der Waals surface area contributed by atoms with Crippen molar-refractivity contribution in [3.63, 3.8) is 0 Å². The Morgan fingerprint density at radius 3 is 2.95 bits per heavy atom. The van der Waals surface area contributed by atoms with Crippen LogP contribution in [0.2, 0.25) is 5.02 Å². The third kappa shape index (κ3) is 2.89. The van der Waals surface area contributed by atoms with Crippen LogP contribution in [-0.4, -0.2) is 18.1 Å². The second kappa shape index (κ2) is 5.73. The molecular weight excluding hydrogens is 272 g/mol. The van der Waals surface area contributed by atoms with Gasteiger partial charge in [-0.2, -0.15) is 0 Å². The lowest BCUT2D eigenvalue weighted by Gasteiger charge is -2.20. The quantitative estimate of drug-likeness (QED) is 0.862. The zero-order valence-corrected chi connectivity index (χ0v) is 11.9. The number of rotatable bonds is 2. The number of halogens is 1. The number of nitrogens with zero attached hydrogens (tertiary/aromatic N) is 1. The molecule has 3 nitrogen and oxygen atoms in total. The van der Waals surface area contributed by atoms with Gasteiger partial charge in [0.05, 0.1) is 0 Å². The number of nitrogens with two attached hydrogens (primary N) is 1. The van der Waals surface area contributed by atoms with Gasteiger partial charge < -0.3 is 10.5 Å². The number of ether oxygens (including phenoxy) is 1. The molecule has 0 radical (unpaired) electrons. The normalized spacial score (nSPS) is 15.2. The van der Waals surface area contributed by atoms with E-state index in [9.17, 15) is 0 Å². The van der Waals surface area contributed by atoms with Gasteiger partial charge in [0, 0.05) is 35.9 Å². The molecule has 4 heteroatoms. The first-order chi connectivity index (χ1) is 9.72. The molecule has 0 bridgehead atoms. The molecule has 0 aliphatic carbocycles. The van der Waals surface area contributed by atoms with E-state index in [4.69, 9.17) is 22.1 Å². The summed E-state index contributed by atoms with van der Waals surface area (Å²) in [4.78, 5) is 2.33. The number of benzene rings is 2. The number of fused-ring (bicyclic) bond motifs is 1. The molecule has 1 heterocycles. The Hall–Kier alpha value is -1.71. The summed E-state index contributed by atoms with van der Waals surface area (Å²) in [7, 11) is 0. The number of nitrogen functional groups attached to an aromatic ring is 1. The number of anilines is 1. The van der Waals surface area contributed by atoms with Crippen LogP contribution in [0.25, 0.3) is 0 Å². The van der Waals surface area contributed by atoms with E-state index in [2.05, 4.69) is 11.0 Å². The van der Waals surface area contributed by atoms with E-state index in [1.165, 1.54) is 5.56 Å². The van der Waals surface area contributed by atoms with Crippen LogP contribution in [0.4, 0.5) is 5.69 Å². The summed E-state index contributed by atoms with van der Waals surface area (Å²) in [5.41, 5.74) is 8.86. The molecule has 104 valence electrons. The molecule has 2 aromatic carbocycles. The molecule has 3 rings (SSSR count). The Bertz CT molecular complexity index is 615. The van der Waals surface area contributed by atoms with Gasteiger partial charge in [-0.3, -0.25) is 4.90 Å². The van der Waals surface area contributed by atoms with Gasteiger partial charge in [-0.1, -0.05) is 29.8 Å². The van der Waals surface area contributed by atoms with Crippen molar-refractivity contribution in [2.24, 2.45) is 0 Å². The van der Waals surface area contributed by atoms with E-state index in [1.54, 1.807) is 0 Å². The van der Waals surface area contributed by atoms with Gasteiger partial charge >= 0.3 is 0 Å². The zero-order valence-electron chi connectivity index (χ0n) is 11.2. The minimum atomic E-state index is 0.691. The van der Waals surface area contributed by atoms with E-state index in [0.717, 1.165) is 41.7 Å². The Kier molecular flexibility index (Phi) is 3.81. The van der Waals surface area contributed by atoms with E-state index in [0.29, 0.717) is 6.61 Å². The van der Waals surface area contributed by atoms with E-state index >= 15 is 0 Å². The van der Waals surface area contributed by atoms with E-state index in [1.807, 2.05) is 36.4 Å². The topological polar surface area (TPSA) is 38.5 Å². The van der Waals surface area contributed by atoms with Crippen molar-refractivity contribution >= 4 is 17.3 Å². The molecule has 0 fully saturated rings. The molecule has 0 unspecified atom stereocenters. The van der Waals surface area contributed by atoms with E-state index in [-0.39, 0.29) is 0 Å². The maximum absolute atomic E-state index is 6.24. The molecule has 0 amide bonds. The number of hydrogen-bond acceptors (Lipinski definition) is 3. The third-order valence-corrected chi connectivity index (χ3v) is 3.86. The average Bonchev–Trinajstić information content (AvgIpc) is 2.64. The van der Waals surface area contributed by atoms with Crippen LogP contribution in [-0.2, 0) is 13.1 Å². The van der Waals surface area contributed by atoms with Gasteiger partial charge in [-0.05, 0) is 29.8 Å². The summed E-state index contributed by atoms with van der Waals surface area (Å²) in [6.07, 6.45) is 0. The third-order valence-electron chi connectivity index (χ3n) is 3.50. The molecule has 2 aromatic rings. The van der Waals surface area contributed by atoms with Crippen LogP contribution in [0.1, 0.15) is 11.1 Å². The molecule has 0 saturated carbocycles. The molecule has 1 aliphatic heterocycles. The van der Waals surface area contributed by atoms with Crippen molar-refractivity contribution in [2.75, 3.05) is 18.9 Å². The first kappa shape index (κ1) is 13.3. The molecule has 2 N–H and O–H groups in total. The van der Waals surface area contributed by atoms with Gasteiger partial charge in [0.1, 0.15) is 12.4 Å². The predicted octanol–water partition coefficient (Wildman–Crippen LogP) is 3.32. The molecule has 20 heavy (non-hydrogen) atoms. The van der Waals surface area contributed by atoms with Crippen LogP contribution in [0.3, 0.4) is 0 Å². The standard InChI is InChI=1S/C16H17ClN2O/c17-15-6-5-14(18)9-13(15)11-19-7-8-20-16-4-2-1-3-12(16)10-19/h1-6,9H,7-8,10-11,18H2. The fourth-order valence-electron chi connectivity index (χ4n) is 2.47. The molecule has 1 aliphatic rings. The molecule has 0 atom stereocenters. The number of para-hydroxylation sites is 1. The Morgan fingerprint density at radius 1 is 1.20 bits per heavy atom. The van der Waals surface area contributed by atoms with E-state index < -0.39 is 0 Å². The first-order valence-electron chi connectivity index (χ1n) is 6.69. The lowest BCUT2D eigenvalue weighted by molar-refractivity contribution is 0.219. The Labute approximate surface area is 123 Å². The van der Waals surface area contributed by atoms with Crippen molar-refractivity contribution in [1.82, 2.24) is 4.90 Å². The minimum absolute atomic E-state index is 0.691. The summed E-state index contributed by atoms with van der Waals surface area (Å²) < 4.78 is 5.77. The minimum Gasteiger partial charge on any atom is -0.492 e. The predicted molar refractivity (Wildman–Crippen MR) is 81.9 cm³/mol. The maximum atomic E-state index is 6.24. The van der Waals surface area contributed by atoms with Crippen molar-refractivity contribution in [3.05, 3.63) is 58.6 Å². The highest BCUT2D eigenvalue weighted by Gasteiger charge is 2.16. The highest BCUT2D eigenvalue weighted by atomic mass is 35.5. The van der Waals surface area contributed by atoms with Crippen molar-refractivity contribution in [1.29, 1.82) is 0 Å². The maximum Gasteiger partial charge on any atom is 0.123 e. The molecule has 0 spiro atoms. The SMILES string of the molecule is Nc1ccc(Cl)c(CN2CCOc3ccccc3C2)c1. The molecule has 0 aromatic heterocycles. The van der Waals surface area contributed by atoms with Gasteiger partial charge in [-0.25, -0.2) is 0 Å². The fraction of sp³-hybridized carbons (Fsp3) is 0.250. The van der Waals surface area contributed by atoms with Crippen LogP contribution in [0.15, 0.2) is 42.5 Å². The number of hydrogen-bond donors (Lipinski definition) is 1. The second-order valence-corrected chi connectivity index (χ2v) is 5.42. The van der Waals surface area contributed by atoms with Crippen molar-refractivity contribution < 1.29 is 4.74 Å². The average molecular weight is 289 g/mol. The summed E-state index contributed by atoms with van der Waals surface area (Å²) in [6, 6.07) is 13.8. The monoisotopic (exact) mass is 288 g/mol. The summed E-state index contributed by atoms with van der Waals surface area (Å²) >= 11 is 6.24. The summed E-state index contributed by atoms with van der Waals surface area (Å²) in [5, 5.41) is 0.762. The molecular formula is C16H17ClN2O.